The van der Waals surface area contributed by atoms with Crippen molar-refractivity contribution >= 4 is 5.78 Å². The second-order valence-electron chi connectivity index (χ2n) is 7.33. The Morgan fingerprint density at radius 1 is 0.655 bits per heavy atom. The molecule has 3 rings (SSSR count). The largest absolute Gasteiger partial charge is 0.493 e. The average molecular weight is 399 g/mol. The van der Waals surface area contributed by atoms with Gasteiger partial charge in [0.1, 0.15) is 5.78 Å². The van der Waals surface area contributed by atoms with Crippen molar-refractivity contribution < 1.29 is 23.7 Å². The van der Waals surface area contributed by atoms with E-state index in [0.29, 0.717) is 23.0 Å². The molecular weight excluding hydrogens is 370 g/mol. The fourth-order valence-corrected chi connectivity index (χ4v) is 4.09. The molecule has 1 heterocycles. The van der Waals surface area contributed by atoms with E-state index in [1.54, 1.807) is 28.4 Å². The maximum Gasteiger partial charge on any atom is 0.161 e. The Balaban J connectivity index is 1.98. The lowest BCUT2D eigenvalue weighted by atomic mass is 9.76. The highest BCUT2D eigenvalue weighted by Gasteiger charge is 2.40. The molecule has 0 aromatic heterocycles. The molecule has 6 nitrogen and oxygen atoms in total. The summed E-state index contributed by atoms with van der Waals surface area (Å²) in [6, 6.07) is 11.3. The number of benzene rings is 2. The van der Waals surface area contributed by atoms with Crippen LogP contribution in [0.25, 0.3) is 0 Å². The van der Waals surface area contributed by atoms with E-state index in [2.05, 4.69) is 5.32 Å². The molecule has 2 aromatic rings. The first-order valence-corrected chi connectivity index (χ1v) is 9.68. The lowest BCUT2D eigenvalue weighted by Gasteiger charge is -2.39. The normalized spacial score (nSPS) is 24.1. The summed E-state index contributed by atoms with van der Waals surface area (Å²) in [6.45, 7) is 3.94. The third-order valence-corrected chi connectivity index (χ3v) is 5.79. The highest BCUT2D eigenvalue weighted by atomic mass is 16.5. The van der Waals surface area contributed by atoms with Crippen LogP contribution in [0.2, 0.25) is 0 Å². The molecule has 0 radical (unpaired) electrons. The molecular formula is C23H29NO5. The highest BCUT2D eigenvalue weighted by molar-refractivity contribution is 5.85. The van der Waals surface area contributed by atoms with Gasteiger partial charge < -0.3 is 24.3 Å². The van der Waals surface area contributed by atoms with Crippen LogP contribution < -0.4 is 24.3 Å². The van der Waals surface area contributed by atoms with Crippen LogP contribution in [0.4, 0.5) is 0 Å². The van der Waals surface area contributed by atoms with Crippen LogP contribution in [-0.4, -0.2) is 34.2 Å². The first-order chi connectivity index (χ1) is 13.9. The first-order valence-electron chi connectivity index (χ1n) is 9.68. The minimum absolute atomic E-state index is 0.142. The smallest absolute Gasteiger partial charge is 0.161 e. The molecule has 1 aliphatic heterocycles. The van der Waals surface area contributed by atoms with Gasteiger partial charge in [0, 0.05) is 23.9 Å². The van der Waals surface area contributed by atoms with Crippen molar-refractivity contribution in [1.29, 1.82) is 0 Å². The van der Waals surface area contributed by atoms with Gasteiger partial charge in [-0.15, -0.1) is 0 Å². The number of carbonyl (C=O) groups excluding carboxylic acids is 1. The molecule has 0 unspecified atom stereocenters. The van der Waals surface area contributed by atoms with Gasteiger partial charge in [-0.25, -0.2) is 0 Å². The molecule has 29 heavy (non-hydrogen) atoms. The number of nitrogens with one attached hydrogen (secondary N) is 1. The number of piperidine rings is 1. The van der Waals surface area contributed by atoms with E-state index in [-0.39, 0.29) is 29.7 Å². The molecule has 0 spiro atoms. The zero-order chi connectivity index (χ0) is 21.1. The Labute approximate surface area is 172 Å². The van der Waals surface area contributed by atoms with Crippen LogP contribution in [-0.2, 0) is 4.79 Å². The van der Waals surface area contributed by atoms with Gasteiger partial charge in [0.05, 0.1) is 28.4 Å². The summed E-state index contributed by atoms with van der Waals surface area (Å²) in [7, 11) is 6.44. The summed E-state index contributed by atoms with van der Waals surface area (Å²) in [5, 5.41) is 3.68. The van der Waals surface area contributed by atoms with Gasteiger partial charge in [0.2, 0.25) is 0 Å². The number of methoxy groups -OCH3 is 4. The van der Waals surface area contributed by atoms with Crippen LogP contribution >= 0.6 is 0 Å². The predicted octanol–water partition coefficient (Wildman–Crippen LogP) is 3.95. The van der Waals surface area contributed by atoms with E-state index in [9.17, 15) is 4.79 Å². The average Bonchev–Trinajstić information content (AvgIpc) is 2.76. The van der Waals surface area contributed by atoms with Gasteiger partial charge in [0.15, 0.2) is 23.0 Å². The SMILES string of the molecule is COc1ccc([C@H]2N[C@@H](c3ccc(OC)c(OC)c3)[C@H](C)C(=O)[C@H]2C)cc1OC. The number of hydrogen-bond acceptors (Lipinski definition) is 6. The summed E-state index contributed by atoms with van der Waals surface area (Å²) in [5.41, 5.74) is 1.97. The summed E-state index contributed by atoms with van der Waals surface area (Å²) < 4.78 is 21.6. The van der Waals surface area contributed by atoms with Crippen molar-refractivity contribution in [1.82, 2.24) is 5.32 Å². The Morgan fingerprint density at radius 2 is 1.03 bits per heavy atom. The van der Waals surface area contributed by atoms with E-state index >= 15 is 0 Å². The fraction of sp³-hybridized carbons (Fsp3) is 0.435. The quantitative estimate of drug-likeness (QED) is 0.794. The molecule has 6 heteroatoms. The van der Waals surface area contributed by atoms with E-state index < -0.39 is 0 Å². The highest BCUT2D eigenvalue weighted by Crippen LogP contribution is 2.41. The van der Waals surface area contributed by atoms with Gasteiger partial charge in [-0.3, -0.25) is 4.79 Å². The zero-order valence-electron chi connectivity index (χ0n) is 17.8. The zero-order valence-corrected chi connectivity index (χ0v) is 17.8. The molecule has 156 valence electrons. The van der Waals surface area contributed by atoms with Crippen LogP contribution in [0.3, 0.4) is 0 Å². The Hall–Kier alpha value is -2.73. The third-order valence-electron chi connectivity index (χ3n) is 5.79. The van der Waals surface area contributed by atoms with Gasteiger partial charge in [0.25, 0.3) is 0 Å². The van der Waals surface area contributed by atoms with Gasteiger partial charge in [-0.1, -0.05) is 26.0 Å². The van der Waals surface area contributed by atoms with E-state index in [0.717, 1.165) is 11.1 Å². The molecule has 1 N–H and O–H groups in total. The minimum Gasteiger partial charge on any atom is -0.493 e. The topological polar surface area (TPSA) is 66.0 Å². The number of ether oxygens (including phenoxy) is 4. The van der Waals surface area contributed by atoms with E-state index in [1.165, 1.54) is 0 Å². The van der Waals surface area contributed by atoms with Crippen molar-refractivity contribution in [3.63, 3.8) is 0 Å². The van der Waals surface area contributed by atoms with Crippen molar-refractivity contribution in [2.24, 2.45) is 11.8 Å². The van der Waals surface area contributed by atoms with Gasteiger partial charge >= 0.3 is 0 Å². The number of carbonyl (C=O) groups is 1. The standard InChI is InChI=1S/C23H29NO5/c1-13-21(15-7-9-17(26-3)19(11-15)28-5)24-22(14(2)23(13)25)16-8-10-18(27-4)20(12-16)29-6/h7-14,21-22,24H,1-6H3/t13-,14-,21-,22+/m0/s1. The molecule has 0 saturated carbocycles. The van der Waals surface area contributed by atoms with Crippen LogP contribution in [0, 0.1) is 11.8 Å². The van der Waals surface area contributed by atoms with Crippen molar-refractivity contribution in [2.45, 2.75) is 25.9 Å². The number of Topliss-reactive ketones (excluding diaryl/α,β-unsaturated/α-hetero) is 1. The lowest BCUT2D eigenvalue weighted by molar-refractivity contribution is -0.130. The molecule has 0 aliphatic carbocycles. The molecule has 1 saturated heterocycles. The molecule has 1 aliphatic rings. The fourth-order valence-electron chi connectivity index (χ4n) is 4.09. The monoisotopic (exact) mass is 399 g/mol. The third kappa shape index (κ3) is 3.90. The van der Waals surface area contributed by atoms with E-state index in [4.69, 9.17) is 18.9 Å². The Kier molecular flexibility index (Phi) is 6.33. The van der Waals surface area contributed by atoms with Gasteiger partial charge in [-0.05, 0) is 35.4 Å². The maximum absolute atomic E-state index is 13.1. The lowest BCUT2D eigenvalue weighted by Crippen LogP contribution is -2.46. The van der Waals surface area contributed by atoms with Crippen LogP contribution in [0.5, 0.6) is 23.0 Å². The summed E-state index contributed by atoms with van der Waals surface area (Å²) >= 11 is 0. The molecule has 0 bridgehead atoms. The molecule has 2 aromatic carbocycles. The maximum atomic E-state index is 13.1. The van der Waals surface area contributed by atoms with E-state index in [1.807, 2.05) is 50.2 Å². The first kappa shape index (κ1) is 21.0. The second-order valence-corrected chi connectivity index (χ2v) is 7.33. The predicted molar refractivity (Wildman–Crippen MR) is 111 cm³/mol. The number of rotatable bonds is 6. The summed E-state index contributed by atoms with van der Waals surface area (Å²) in [4.78, 5) is 13.1. The van der Waals surface area contributed by atoms with Crippen molar-refractivity contribution in [3.05, 3.63) is 47.5 Å². The van der Waals surface area contributed by atoms with Crippen molar-refractivity contribution in [2.75, 3.05) is 28.4 Å². The summed E-state index contributed by atoms with van der Waals surface area (Å²) in [6.07, 6.45) is 0. The number of ketones is 1. The van der Waals surface area contributed by atoms with Gasteiger partial charge in [-0.2, -0.15) is 0 Å². The number of hydrogen-bond donors (Lipinski definition) is 1. The molecule has 0 amide bonds. The Bertz CT molecular complexity index is 812. The van der Waals surface area contributed by atoms with Crippen molar-refractivity contribution in [3.8, 4) is 23.0 Å². The minimum atomic E-state index is -0.167. The second kappa shape index (κ2) is 8.74. The van der Waals surface area contributed by atoms with Crippen LogP contribution in [0.15, 0.2) is 36.4 Å². The molecule has 4 atom stereocenters. The van der Waals surface area contributed by atoms with Crippen LogP contribution in [0.1, 0.15) is 37.1 Å². The Morgan fingerprint density at radius 3 is 1.38 bits per heavy atom. The molecule has 1 fully saturated rings. The summed E-state index contributed by atoms with van der Waals surface area (Å²) in [5.74, 6) is 2.51.